The average molecular weight is 279 g/mol. The van der Waals surface area contributed by atoms with Gasteiger partial charge in [0.2, 0.25) is 0 Å². The van der Waals surface area contributed by atoms with Crippen molar-refractivity contribution in [2.75, 3.05) is 6.61 Å². The van der Waals surface area contributed by atoms with E-state index in [-0.39, 0.29) is 5.92 Å². The second kappa shape index (κ2) is 7.50. The SMILES string of the molecule is Cc1ccc(OCCCC(C#N)c2ccccc2)c(C)c1. The molecule has 1 atom stereocenters. The van der Waals surface area contributed by atoms with E-state index in [0.717, 1.165) is 29.7 Å². The number of ether oxygens (including phenoxy) is 1. The van der Waals surface area contributed by atoms with Gasteiger partial charge in [-0.1, -0.05) is 48.0 Å². The summed E-state index contributed by atoms with van der Waals surface area (Å²) in [7, 11) is 0. The molecule has 0 amide bonds. The predicted octanol–water partition coefficient (Wildman–Crippen LogP) is 4.77. The van der Waals surface area contributed by atoms with Crippen molar-refractivity contribution in [3.8, 4) is 11.8 Å². The van der Waals surface area contributed by atoms with E-state index in [1.165, 1.54) is 5.56 Å². The summed E-state index contributed by atoms with van der Waals surface area (Å²) in [6.45, 7) is 4.79. The summed E-state index contributed by atoms with van der Waals surface area (Å²) in [4.78, 5) is 0. The number of benzene rings is 2. The van der Waals surface area contributed by atoms with Gasteiger partial charge in [0.1, 0.15) is 5.75 Å². The zero-order chi connectivity index (χ0) is 15.1. The largest absolute Gasteiger partial charge is 0.493 e. The molecular weight excluding hydrogens is 258 g/mol. The number of hydrogen-bond donors (Lipinski definition) is 0. The maximum Gasteiger partial charge on any atom is 0.122 e. The number of nitrogens with zero attached hydrogens (tertiary/aromatic N) is 1. The van der Waals surface area contributed by atoms with Crippen LogP contribution >= 0.6 is 0 Å². The van der Waals surface area contributed by atoms with Gasteiger partial charge in [0, 0.05) is 0 Å². The molecule has 0 N–H and O–H groups in total. The topological polar surface area (TPSA) is 33.0 Å². The van der Waals surface area contributed by atoms with Gasteiger partial charge in [0.15, 0.2) is 0 Å². The van der Waals surface area contributed by atoms with Gasteiger partial charge in [-0.3, -0.25) is 0 Å². The average Bonchev–Trinajstić information content (AvgIpc) is 2.50. The van der Waals surface area contributed by atoms with Crippen LogP contribution in [0.15, 0.2) is 48.5 Å². The van der Waals surface area contributed by atoms with Gasteiger partial charge in [-0.2, -0.15) is 5.26 Å². The summed E-state index contributed by atoms with van der Waals surface area (Å²) in [5.74, 6) is 0.891. The molecule has 21 heavy (non-hydrogen) atoms. The van der Waals surface area contributed by atoms with Gasteiger partial charge in [0.25, 0.3) is 0 Å². The molecule has 2 nitrogen and oxygen atoms in total. The molecule has 0 aliphatic heterocycles. The molecule has 2 rings (SSSR count). The van der Waals surface area contributed by atoms with E-state index in [0.29, 0.717) is 6.61 Å². The lowest BCUT2D eigenvalue weighted by Crippen LogP contribution is -2.03. The maximum atomic E-state index is 9.28. The molecule has 2 aromatic rings. The van der Waals surface area contributed by atoms with Crippen molar-refractivity contribution < 1.29 is 4.74 Å². The Balaban J connectivity index is 1.83. The lowest BCUT2D eigenvalue weighted by Gasteiger charge is -2.12. The Hall–Kier alpha value is -2.27. The summed E-state index contributed by atoms with van der Waals surface area (Å²) >= 11 is 0. The van der Waals surface area contributed by atoms with Crippen LogP contribution in [-0.4, -0.2) is 6.61 Å². The van der Waals surface area contributed by atoms with E-state index in [9.17, 15) is 5.26 Å². The summed E-state index contributed by atoms with van der Waals surface area (Å²) in [6, 6.07) is 18.5. The first-order valence-electron chi connectivity index (χ1n) is 7.35. The highest BCUT2D eigenvalue weighted by molar-refractivity contribution is 5.35. The lowest BCUT2D eigenvalue weighted by atomic mass is 9.96. The highest BCUT2D eigenvalue weighted by atomic mass is 16.5. The number of rotatable bonds is 6. The van der Waals surface area contributed by atoms with Gasteiger partial charge in [0.05, 0.1) is 18.6 Å². The molecule has 0 heterocycles. The number of nitriles is 1. The Kier molecular flexibility index (Phi) is 5.40. The van der Waals surface area contributed by atoms with E-state index < -0.39 is 0 Å². The van der Waals surface area contributed by atoms with Gasteiger partial charge < -0.3 is 4.74 Å². The monoisotopic (exact) mass is 279 g/mol. The van der Waals surface area contributed by atoms with Crippen molar-refractivity contribution in [3.05, 3.63) is 65.2 Å². The van der Waals surface area contributed by atoms with E-state index >= 15 is 0 Å². The molecule has 108 valence electrons. The Labute approximate surface area is 127 Å². The zero-order valence-electron chi connectivity index (χ0n) is 12.7. The third-order valence-corrected chi connectivity index (χ3v) is 3.58. The van der Waals surface area contributed by atoms with Crippen LogP contribution in [0.3, 0.4) is 0 Å². The molecule has 2 heteroatoms. The molecule has 0 bridgehead atoms. The minimum atomic E-state index is -0.0473. The van der Waals surface area contributed by atoms with Crippen LogP contribution in [-0.2, 0) is 0 Å². The van der Waals surface area contributed by atoms with Crippen molar-refractivity contribution in [2.24, 2.45) is 0 Å². The van der Waals surface area contributed by atoms with Crippen LogP contribution in [0.1, 0.15) is 35.4 Å². The minimum absolute atomic E-state index is 0.0473. The second-order valence-electron chi connectivity index (χ2n) is 5.35. The second-order valence-corrected chi connectivity index (χ2v) is 5.35. The fourth-order valence-corrected chi connectivity index (χ4v) is 2.42. The molecule has 0 aliphatic rings. The van der Waals surface area contributed by atoms with Crippen molar-refractivity contribution in [2.45, 2.75) is 32.6 Å². The molecule has 0 saturated heterocycles. The first-order valence-corrected chi connectivity index (χ1v) is 7.35. The summed E-state index contributed by atoms with van der Waals surface area (Å²) in [6.07, 6.45) is 1.70. The maximum absolute atomic E-state index is 9.28. The molecule has 0 aromatic heterocycles. The molecule has 0 saturated carbocycles. The molecule has 0 aliphatic carbocycles. The summed E-state index contributed by atoms with van der Waals surface area (Å²) < 4.78 is 5.81. The molecule has 1 unspecified atom stereocenters. The molecule has 0 fully saturated rings. The Morgan fingerprint density at radius 1 is 1.10 bits per heavy atom. The Morgan fingerprint density at radius 3 is 2.52 bits per heavy atom. The van der Waals surface area contributed by atoms with E-state index in [4.69, 9.17) is 4.74 Å². The van der Waals surface area contributed by atoms with Crippen LogP contribution < -0.4 is 4.74 Å². The van der Waals surface area contributed by atoms with Crippen LogP contribution in [0.5, 0.6) is 5.75 Å². The van der Waals surface area contributed by atoms with Gasteiger partial charge in [-0.15, -0.1) is 0 Å². The molecule has 0 radical (unpaired) electrons. The van der Waals surface area contributed by atoms with Crippen LogP contribution in [0.4, 0.5) is 0 Å². The fraction of sp³-hybridized carbons (Fsp3) is 0.316. The molecule has 0 spiro atoms. The number of hydrogen-bond acceptors (Lipinski definition) is 2. The first-order chi connectivity index (χ1) is 10.2. The normalized spacial score (nSPS) is 11.7. The van der Waals surface area contributed by atoms with Gasteiger partial charge >= 0.3 is 0 Å². The fourth-order valence-electron chi connectivity index (χ4n) is 2.42. The highest BCUT2D eigenvalue weighted by Crippen LogP contribution is 2.22. The molecular formula is C19H21NO. The van der Waals surface area contributed by atoms with Gasteiger partial charge in [-0.25, -0.2) is 0 Å². The smallest absolute Gasteiger partial charge is 0.122 e. The molecule has 2 aromatic carbocycles. The quantitative estimate of drug-likeness (QED) is 0.713. The predicted molar refractivity (Wildman–Crippen MR) is 85.4 cm³/mol. The van der Waals surface area contributed by atoms with Crippen LogP contribution in [0.2, 0.25) is 0 Å². The summed E-state index contributed by atoms with van der Waals surface area (Å²) in [5, 5.41) is 9.28. The zero-order valence-corrected chi connectivity index (χ0v) is 12.7. The third kappa shape index (κ3) is 4.36. The van der Waals surface area contributed by atoms with E-state index in [2.05, 4.69) is 32.0 Å². The highest BCUT2D eigenvalue weighted by Gasteiger charge is 2.09. The minimum Gasteiger partial charge on any atom is -0.493 e. The Morgan fingerprint density at radius 2 is 1.86 bits per heavy atom. The van der Waals surface area contributed by atoms with Crippen molar-refractivity contribution in [1.82, 2.24) is 0 Å². The lowest BCUT2D eigenvalue weighted by molar-refractivity contribution is 0.303. The standard InChI is InChI=1S/C19H21NO/c1-15-10-11-19(16(2)13-15)21-12-6-9-18(14-20)17-7-4-3-5-8-17/h3-5,7-8,10-11,13,18H,6,9,12H2,1-2H3. The van der Waals surface area contributed by atoms with E-state index in [1.54, 1.807) is 0 Å². The third-order valence-electron chi connectivity index (χ3n) is 3.58. The summed E-state index contributed by atoms with van der Waals surface area (Å²) in [5.41, 5.74) is 3.50. The van der Waals surface area contributed by atoms with Crippen LogP contribution in [0.25, 0.3) is 0 Å². The van der Waals surface area contributed by atoms with Gasteiger partial charge in [-0.05, 0) is 43.9 Å². The van der Waals surface area contributed by atoms with Crippen molar-refractivity contribution >= 4 is 0 Å². The number of aryl methyl sites for hydroxylation is 2. The first kappa shape index (κ1) is 15.1. The Bertz CT molecular complexity index is 613. The van der Waals surface area contributed by atoms with Crippen molar-refractivity contribution in [3.63, 3.8) is 0 Å². The van der Waals surface area contributed by atoms with Crippen LogP contribution in [0, 0.1) is 25.2 Å². The van der Waals surface area contributed by atoms with Crippen molar-refractivity contribution in [1.29, 1.82) is 5.26 Å². The van der Waals surface area contributed by atoms with E-state index in [1.807, 2.05) is 36.4 Å².